The number of hydrogen-bond acceptors (Lipinski definition) is 2. The summed E-state index contributed by atoms with van der Waals surface area (Å²) in [7, 11) is 0. The van der Waals surface area contributed by atoms with E-state index < -0.39 is 0 Å². The van der Waals surface area contributed by atoms with Crippen LogP contribution < -0.4 is 5.73 Å². The summed E-state index contributed by atoms with van der Waals surface area (Å²) in [4.78, 5) is 4.82. The molecule has 0 aliphatic heterocycles. The van der Waals surface area contributed by atoms with Crippen LogP contribution in [0.1, 0.15) is 38.4 Å². The molecule has 0 atom stereocenters. The Morgan fingerprint density at radius 1 is 1.43 bits per heavy atom. The first-order valence-electron chi connectivity index (χ1n) is 7.28. The van der Waals surface area contributed by atoms with Crippen LogP contribution in [0.25, 0.3) is 11.3 Å². The molecule has 2 N–H and O–H groups in total. The van der Waals surface area contributed by atoms with Gasteiger partial charge in [0.25, 0.3) is 0 Å². The zero-order valence-corrected chi connectivity index (χ0v) is 14.6. The summed E-state index contributed by atoms with van der Waals surface area (Å²) in [5.41, 5.74) is 8.11. The van der Waals surface area contributed by atoms with Crippen molar-refractivity contribution >= 4 is 33.3 Å². The Kier molecular flexibility index (Phi) is 4.02. The lowest BCUT2D eigenvalue weighted by Crippen LogP contribution is -2.10. The van der Waals surface area contributed by atoms with Gasteiger partial charge in [0, 0.05) is 22.5 Å². The van der Waals surface area contributed by atoms with Gasteiger partial charge in [0.05, 0.1) is 5.02 Å². The highest BCUT2D eigenvalue weighted by Gasteiger charge is 2.31. The van der Waals surface area contributed by atoms with Gasteiger partial charge in [-0.25, -0.2) is 4.98 Å². The number of hydrogen-bond donors (Lipinski definition) is 1. The van der Waals surface area contributed by atoms with Gasteiger partial charge in [-0.1, -0.05) is 47.4 Å². The van der Waals surface area contributed by atoms with Gasteiger partial charge in [0.1, 0.15) is 17.3 Å². The molecule has 2 aromatic rings. The van der Waals surface area contributed by atoms with Gasteiger partial charge in [-0.2, -0.15) is 0 Å². The minimum absolute atomic E-state index is 0.534. The quantitative estimate of drug-likeness (QED) is 0.817. The molecule has 1 saturated carbocycles. The number of nitrogens with two attached hydrogens (primary N) is 1. The average molecular weight is 369 g/mol. The first kappa shape index (κ1) is 14.9. The Bertz CT molecular complexity index is 674. The maximum atomic E-state index is 6.39. The third-order valence-electron chi connectivity index (χ3n) is 3.71. The molecule has 0 radical (unpaired) electrons. The van der Waals surface area contributed by atoms with Crippen molar-refractivity contribution in [2.75, 3.05) is 5.73 Å². The predicted octanol–water partition coefficient (Wildman–Crippen LogP) is 5.08. The lowest BCUT2D eigenvalue weighted by Gasteiger charge is -2.12. The lowest BCUT2D eigenvalue weighted by atomic mass is 10.1. The SMILES string of the molecule is CC(C)Cn1c(C2CC2)nc(-c2ccc(Br)cc2Cl)c1N. The Hall–Kier alpha value is -1.00. The van der Waals surface area contributed by atoms with Crippen LogP contribution in [0.3, 0.4) is 0 Å². The van der Waals surface area contributed by atoms with E-state index in [1.807, 2.05) is 18.2 Å². The molecule has 5 heteroatoms. The minimum Gasteiger partial charge on any atom is -0.383 e. The van der Waals surface area contributed by atoms with Crippen LogP contribution in [0.4, 0.5) is 5.82 Å². The Morgan fingerprint density at radius 2 is 2.14 bits per heavy atom. The van der Waals surface area contributed by atoms with Crippen LogP contribution in [0.5, 0.6) is 0 Å². The fourth-order valence-corrected chi connectivity index (χ4v) is 3.34. The number of halogens is 2. The number of nitrogen functional groups attached to an aromatic ring is 1. The molecule has 1 aliphatic carbocycles. The van der Waals surface area contributed by atoms with Crippen LogP contribution in [0.15, 0.2) is 22.7 Å². The molecular weight excluding hydrogens is 350 g/mol. The van der Waals surface area contributed by atoms with E-state index in [1.54, 1.807) is 0 Å². The van der Waals surface area contributed by atoms with Crippen molar-refractivity contribution in [3.8, 4) is 11.3 Å². The van der Waals surface area contributed by atoms with Crippen molar-refractivity contribution < 1.29 is 0 Å². The van der Waals surface area contributed by atoms with E-state index in [9.17, 15) is 0 Å². The standard InChI is InChI=1S/C16H19BrClN3/c1-9(2)8-21-15(19)14(20-16(21)10-3-4-10)12-6-5-11(17)7-13(12)18/h5-7,9-10H,3-4,8,19H2,1-2H3. The van der Waals surface area contributed by atoms with Gasteiger partial charge in [-0.15, -0.1) is 0 Å². The molecule has 0 spiro atoms. The fraction of sp³-hybridized carbons (Fsp3) is 0.438. The first-order chi connectivity index (χ1) is 9.97. The Morgan fingerprint density at radius 3 is 2.71 bits per heavy atom. The highest BCUT2D eigenvalue weighted by atomic mass is 79.9. The van der Waals surface area contributed by atoms with E-state index in [2.05, 4.69) is 34.3 Å². The van der Waals surface area contributed by atoms with Crippen LogP contribution in [0, 0.1) is 5.92 Å². The summed E-state index contributed by atoms with van der Waals surface area (Å²) in [6.45, 7) is 5.30. The van der Waals surface area contributed by atoms with Crippen molar-refractivity contribution in [3.05, 3.63) is 33.5 Å². The molecule has 21 heavy (non-hydrogen) atoms. The molecular formula is C16H19BrClN3. The monoisotopic (exact) mass is 367 g/mol. The first-order valence-corrected chi connectivity index (χ1v) is 8.45. The van der Waals surface area contributed by atoms with E-state index in [4.69, 9.17) is 22.3 Å². The van der Waals surface area contributed by atoms with Gasteiger partial charge in [0.15, 0.2) is 0 Å². The van der Waals surface area contributed by atoms with Crippen molar-refractivity contribution in [3.63, 3.8) is 0 Å². The summed E-state index contributed by atoms with van der Waals surface area (Å²) in [6.07, 6.45) is 2.42. The number of anilines is 1. The molecule has 3 nitrogen and oxygen atoms in total. The number of rotatable bonds is 4. The second kappa shape index (κ2) is 5.65. The maximum Gasteiger partial charge on any atom is 0.131 e. The van der Waals surface area contributed by atoms with E-state index in [-0.39, 0.29) is 0 Å². The third kappa shape index (κ3) is 2.97. The number of nitrogens with zero attached hydrogens (tertiary/aromatic N) is 2. The van der Waals surface area contributed by atoms with Crippen LogP contribution in [0.2, 0.25) is 5.02 Å². The van der Waals surface area contributed by atoms with Crippen molar-refractivity contribution in [2.45, 2.75) is 39.2 Å². The molecule has 1 aromatic carbocycles. The van der Waals surface area contributed by atoms with E-state index in [0.717, 1.165) is 33.9 Å². The highest BCUT2D eigenvalue weighted by molar-refractivity contribution is 9.10. The molecule has 1 heterocycles. The molecule has 0 amide bonds. The van der Waals surface area contributed by atoms with Gasteiger partial charge in [-0.3, -0.25) is 0 Å². The lowest BCUT2D eigenvalue weighted by molar-refractivity contribution is 0.512. The zero-order chi connectivity index (χ0) is 15.1. The average Bonchev–Trinajstić information content (AvgIpc) is 3.18. The third-order valence-corrected chi connectivity index (χ3v) is 4.52. The number of imidazole rings is 1. The maximum absolute atomic E-state index is 6.39. The summed E-state index contributed by atoms with van der Waals surface area (Å²) in [6, 6.07) is 5.83. The smallest absolute Gasteiger partial charge is 0.131 e. The van der Waals surface area contributed by atoms with E-state index in [0.29, 0.717) is 16.9 Å². The van der Waals surface area contributed by atoms with E-state index >= 15 is 0 Å². The molecule has 1 aliphatic rings. The minimum atomic E-state index is 0.534. The zero-order valence-electron chi connectivity index (χ0n) is 12.2. The molecule has 3 rings (SSSR count). The molecule has 1 fully saturated rings. The van der Waals surface area contributed by atoms with Crippen LogP contribution >= 0.6 is 27.5 Å². The molecule has 0 bridgehead atoms. The van der Waals surface area contributed by atoms with Gasteiger partial charge >= 0.3 is 0 Å². The number of aromatic nitrogens is 2. The van der Waals surface area contributed by atoms with Crippen LogP contribution in [-0.2, 0) is 6.54 Å². The summed E-state index contributed by atoms with van der Waals surface area (Å²) >= 11 is 9.80. The highest BCUT2D eigenvalue weighted by Crippen LogP contribution is 2.43. The predicted molar refractivity (Wildman–Crippen MR) is 91.6 cm³/mol. The Labute approximate surface area is 138 Å². The molecule has 0 saturated heterocycles. The van der Waals surface area contributed by atoms with Gasteiger partial charge in [0.2, 0.25) is 0 Å². The molecule has 112 valence electrons. The normalized spacial score (nSPS) is 14.9. The molecule has 1 aromatic heterocycles. The topological polar surface area (TPSA) is 43.8 Å². The summed E-state index contributed by atoms with van der Waals surface area (Å²) < 4.78 is 3.13. The second-order valence-corrected chi connectivity index (χ2v) is 7.43. The largest absolute Gasteiger partial charge is 0.383 e. The summed E-state index contributed by atoms with van der Waals surface area (Å²) in [5, 5.41) is 0.674. The van der Waals surface area contributed by atoms with Crippen molar-refractivity contribution in [2.24, 2.45) is 5.92 Å². The van der Waals surface area contributed by atoms with Crippen molar-refractivity contribution in [1.82, 2.24) is 9.55 Å². The van der Waals surface area contributed by atoms with E-state index in [1.165, 1.54) is 12.8 Å². The molecule has 0 unspecified atom stereocenters. The summed E-state index contributed by atoms with van der Waals surface area (Å²) in [5.74, 6) is 2.95. The van der Waals surface area contributed by atoms with Gasteiger partial charge < -0.3 is 10.3 Å². The van der Waals surface area contributed by atoms with Crippen LogP contribution in [-0.4, -0.2) is 9.55 Å². The van der Waals surface area contributed by atoms with Gasteiger partial charge in [-0.05, 0) is 30.9 Å². The fourth-order valence-electron chi connectivity index (χ4n) is 2.57. The number of benzene rings is 1. The van der Waals surface area contributed by atoms with Crippen molar-refractivity contribution in [1.29, 1.82) is 0 Å². The Balaban J connectivity index is 2.10. The second-order valence-electron chi connectivity index (χ2n) is 6.11.